The summed E-state index contributed by atoms with van der Waals surface area (Å²) in [4.78, 5) is 36.9. The molecular weight excluding hydrogens is 354 g/mol. The number of fused-ring (bicyclic) bond motifs is 1. The van der Waals surface area contributed by atoms with E-state index in [4.69, 9.17) is 4.74 Å². The third-order valence-corrected chi connectivity index (χ3v) is 5.75. The maximum atomic E-state index is 12.1. The van der Waals surface area contributed by atoms with Gasteiger partial charge >= 0.3 is 5.97 Å². The maximum Gasteiger partial charge on any atom is 0.307 e. The number of rotatable bonds is 5. The van der Waals surface area contributed by atoms with Crippen LogP contribution in [0.3, 0.4) is 0 Å². The minimum atomic E-state index is -0.841. The molecule has 0 spiro atoms. The zero-order chi connectivity index (χ0) is 18.6. The average Bonchev–Trinajstić information content (AvgIpc) is 3.09. The first kappa shape index (κ1) is 18.3. The van der Waals surface area contributed by atoms with E-state index in [1.807, 2.05) is 18.2 Å². The van der Waals surface area contributed by atoms with E-state index in [0.717, 1.165) is 23.4 Å². The molecule has 26 heavy (non-hydrogen) atoms. The van der Waals surface area contributed by atoms with Crippen LogP contribution in [0.2, 0.25) is 0 Å². The highest BCUT2D eigenvalue weighted by Gasteiger charge is 2.35. The molecule has 1 aromatic rings. The van der Waals surface area contributed by atoms with E-state index in [9.17, 15) is 19.6 Å². The molecule has 1 heterocycles. The van der Waals surface area contributed by atoms with Crippen molar-refractivity contribution in [1.29, 1.82) is 5.26 Å². The molecule has 7 nitrogen and oxygen atoms in total. The Bertz CT molecular complexity index is 768. The van der Waals surface area contributed by atoms with Gasteiger partial charge in [0, 0.05) is 4.90 Å². The van der Waals surface area contributed by atoms with E-state index in [1.165, 1.54) is 11.8 Å². The summed E-state index contributed by atoms with van der Waals surface area (Å²) in [6, 6.07) is 9.50. The van der Waals surface area contributed by atoms with E-state index in [2.05, 4.69) is 16.7 Å². The number of thioether (sulfide) groups is 1. The van der Waals surface area contributed by atoms with Crippen LogP contribution >= 0.6 is 11.8 Å². The van der Waals surface area contributed by atoms with E-state index in [-0.39, 0.29) is 12.3 Å². The van der Waals surface area contributed by atoms with E-state index >= 15 is 0 Å². The Morgan fingerprint density at radius 1 is 1.35 bits per heavy atom. The lowest BCUT2D eigenvalue weighted by molar-refractivity contribution is -0.149. The largest absolute Gasteiger partial charge is 0.456 e. The minimum Gasteiger partial charge on any atom is -0.456 e. The zero-order valence-corrected chi connectivity index (χ0v) is 14.9. The lowest BCUT2D eigenvalue weighted by Gasteiger charge is -2.23. The molecular formula is C18H19N3O4S. The van der Waals surface area contributed by atoms with Crippen LogP contribution in [0.4, 0.5) is 5.69 Å². The molecule has 3 rings (SSSR count). The number of carbonyl (C=O) groups is 3. The number of nitrogens with one attached hydrogen (secondary N) is 2. The molecule has 0 aromatic heterocycles. The molecule has 1 fully saturated rings. The highest BCUT2D eigenvalue weighted by Crippen LogP contribution is 2.36. The molecule has 2 amide bonds. The summed E-state index contributed by atoms with van der Waals surface area (Å²) in [5.41, 5.74) is -0.114. The fraction of sp³-hybridized carbons (Fsp3) is 0.444. The molecule has 8 heteroatoms. The molecule has 1 saturated carbocycles. The predicted molar refractivity (Wildman–Crippen MR) is 95.2 cm³/mol. The quantitative estimate of drug-likeness (QED) is 0.764. The number of para-hydroxylation sites is 1. The summed E-state index contributed by atoms with van der Waals surface area (Å²) in [6.45, 7) is -0.447. The Morgan fingerprint density at radius 2 is 2.08 bits per heavy atom. The second kappa shape index (κ2) is 7.79. The number of amides is 2. The lowest BCUT2D eigenvalue weighted by atomic mass is 10.00. The van der Waals surface area contributed by atoms with Crippen LogP contribution in [0.1, 0.15) is 32.1 Å². The molecule has 1 atom stereocenters. The van der Waals surface area contributed by atoms with Gasteiger partial charge in [-0.3, -0.25) is 14.4 Å². The van der Waals surface area contributed by atoms with Crippen molar-refractivity contribution in [3.63, 3.8) is 0 Å². The summed E-state index contributed by atoms with van der Waals surface area (Å²) >= 11 is 1.30. The van der Waals surface area contributed by atoms with Gasteiger partial charge in [0.05, 0.1) is 23.4 Å². The van der Waals surface area contributed by atoms with Crippen LogP contribution in [0.25, 0.3) is 0 Å². The van der Waals surface area contributed by atoms with Gasteiger partial charge in [-0.1, -0.05) is 12.1 Å². The van der Waals surface area contributed by atoms with Crippen LogP contribution in [0.5, 0.6) is 0 Å². The molecule has 1 aliphatic heterocycles. The number of nitriles is 1. The number of benzene rings is 1. The van der Waals surface area contributed by atoms with Gasteiger partial charge in [0.1, 0.15) is 5.54 Å². The maximum absolute atomic E-state index is 12.1. The van der Waals surface area contributed by atoms with Gasteiger partial charge in [-0.25, -0.2) is 0 Å². The van der Waals surface area contributed by atoms with Crippen molar-refractivity contribution in [3.05, 3.63) is 24.3 Å². The molecule has 136 valence electrons. The summed E-state index contributed by atoms with van der Waals surface area (Å²) in [7, 11) is 0. The van der Waals surface area contributed by atoms with Crippen LogP contribution in [-0.4, -0.2) is 35.2 Å². The smallest absolute Gasteiger partial charge is 0.307 e. The molecule has 2 aliphatic rings. The normalized spacial score (nSPS) is 20.4. The number of esters is 1. The average molecular weight is 373 g/mol. The number of nitrogens with zero attached hydrogens (tertiary/aromatic N) is 1. The van der Waals surface area contributed by atoms with Gasteiger partial charge in [0.25, 0.3) is 5.91 Å². The van der Waals surface area contributed by atoms with E-state index in [0.29, 0.717) is 12.8 Å². The molecule has 0 bridgehead atoms. The van der Waals surface area contributed by atoms with Gasteiger partial charge in [0.2, 0.25) is 5.91 Å². The van der Waals surface area contributed by atoms with Crippen LogP contribution in [0.15, 0.2) is 29.2 Å². The zero-order valence-electron chi connectivity index (χ0n) is 14.1. The standard InChI is InChI=1S/C18H19N3O4S/c19-11-18(7-3-4-8-18)21-15(22)10-25-16(23)9-14-17(24)20-12-5-1-2-6-13(12)26-14/h1-2,5-6,14H,3-4,7-10H2,(H,20,24)(H,21,22). The number of hydrogen-bond donors (Lipinski definition) is 2. The highest BCUT2D eigenvalue weighted by molar-refractivity contribution is 8.01. The summed E-state index contributed by atoms with van der Waals surface area (Å²) in [6.07, 6.45) is 2.89. The van der Waals surface area contributed by atoms with Gasteiger partial charge < -0.3 is 15.4 Å². The van der Waals surface area contributed by atoms with Crippen molar-refractivity contribution in [2.45, 2.75) is 47.8 Å². The molecule has 1 unspecified atom stereocenters. The second-order valence-corrected chi connectivity index (χ2v) is 7.65. The SMILES string of the molecule is N#CC1(NC(=O)COC(=O)CC2Sc3ccccc3NC2=O)CCCC1. The Hall–Kier alpha value is -2.53. The van der Waals surface area contributed by atoms with Gasteiger partial charge in [0.15, 0.2) is 6.61 Å². The third kappa shape index (κ3) is 4.17. The highest BCUT2D eigenvalue weighted by atomic mass is 32.2. The van der Waals surface area contributed by atoms with Crippen LogP contribution in [0, 0.1) is 11.3 Å². The lowest BCUT2D eigenvalue weighted by Crippen LogP contribution is -2.46. The van der Waals surface area contributed by atoms with Crippen molar-refractivity contribution in [3.8, 4) is 6.07 Å². The predicted octanol–water partition coefficient (Wildman–Crippen LogP) is 1.99. The number of carbonyl (C=O) groups excluding carboxylic acids is 3. The monoisotopic (exact) mass is 373 g/mol. The first-order valence-electron chi connectivity index (χ1n) is 8.46. The molecule has 1 aliphatic carbocycles. The topological polar surface area (TPSA) is 108 Å². The number of anilines is 1. The Labute approximate surface area is 155 Å². The molecule has 1 aromatic carbocycles. The van der Waals surface area contributed by atoms with E-state index < -0.39 is 29.3 Å². The number of hydrogen-bond acceptors (Lipinski definition) is 6. The first-order valence-corrected chi connectivity index (χ1v) is 9.34. The van der Waals surface area contributed by atoms with Gasteiger partial charge in [-0.2, -0.15) is 5.26 Å². The van der Waals surface area contributed by atoms with Gasteiger partial charge in [-0.15, -0.1) is 11.8 Å². The Morgan fingerprint density at radius 3 is 2.81 bits per heavy atom. The molecule has 0 radical (unpaired) electrons. The number of ether oxygens (including phenoxy) is 1. The van der Waals surface area contributed by atoms with Crippen LogP contribution < -0.4 is 10.6 Å². The van der Waals surface area contributed by atoms with Crippen molar-refractivity contribution < 1.29 is 19.1 Å². The summed E-state index contributed by atoms with van der Waals surface area (Å²) in [5, 5.41) is 14.1. The Balaban J connectivity index is 1.48. The van der Waals surface area contributed by atoms with Crippen molar-refractivity contribution in [2.75, 3.05) is 11.9 Å². The van der Waals surface area contributed by atoms with Crippen molar-refractivity contribution in [1.82, 2.24) is 5.32 Å². The van der Waals surface area contributed by atoms with Gasteiger partial charge in [-0.05, 0) is 37.8 Å². The van der Waals surface area contributed by atoms with Crippen molar-refractivity contribution in [2.24, 2.45) is 0 Å². The molecule has 0 saturated heterocycles. The first-order chi connectivity index (χ1) is 12.5. The fourth-order valence-corrected chi connectivity index (χ4v) is 4.22. The molecule has 2 N–H and O–H groups in total. The fourth-order valence-electron chi connectivity index (χ4n) is 3.13. The van der Waals surface area contributed by atoms with Crippen molar-refractivity contribution >= 4 is 35.2 Å². The summed E-state index contributed by atoms with van der Waals surface area (Å²) in [5.74, 6) is -1.37. The minimum absolute atomic E-state index is 0.124. The van der Waals surface area contributed by atoms with E-state index in [1.54, 1.807) is 6.07 Å². The third-order valence-electron chi connectivity index (χ3n) is 4.47. The second-order valence-electron chi connectivity index (χ2n) is 6.41. The summed E-state index contributed by atoms with van der Waals surface area (Å²) < 4.78 is 4.99. The van der Waals surface area contributed by atoms with Crippen LogP contribution in [-0.2, 0) is 19.1 Å². The Kier molecular flexibility index (Phi) is 5.47.